The average Bonchev–Trinajstić information content (AvgIpc) is 3.17. The van der Waals surface area contributed by atoms with Crippen LogP contribution in [0.4, 0.5) is 4.39 Å². The van der Waals surface area contributed by atoms with E-state index in [0.717, 1.165) is 57.6 Å². The number of carbonyl (C=O) groups excluding carboxylic acids is 1. The first kappa shape index (κ1) is 21.1. The van der Waals surface area contributed by atoms with E-state index in [1.807, 2.05) is 36.4 Å². The summed E-state index contributed by atoms with van der Waals surface area (Å²) in [6.07, 6.45) is 10.1. The van der Waals surface area contributed by atoms with Crippen LogP contribution in [0.25, 0.3) is 6.08 Å². The highest BCUT2D eigenvalue weighted by Crippen LogP contribution is 2.30. The van der Waals surface area contributed by atoms with Gasteiger partial charge >= 0.3 is 0 Å². The molecule has 0 saturated carbocycles. The minimum absolute atomic E-state index is 0.161. The van der Waals surface area contributed by atoms with E-state index in [0.29, 0.717) is 18.3 Å². The molecule has 4 heteroatoms. The van der Waals surface area contributed by atoms with Crippen LogP contribution >= 0.6 is 0 Å². The van der Waals surface area contributed by atoms with Crippen molar-refractivity contribution in [3.8, 4) is 0 Å². The Balaban J connectivity index is 1.12. The Bertz CT molecular complexity index is 1020. The molecule has 2 fully saturated rings. The topological polar surface area (TPSA) is 23.6 Å². The Morgan fingerprint density at radius 1 is 0.969 bits per heavy atom. The monoisotopic (exact) mass is 430 g/mol. The van der Waals surface area contributed by atoms with E-state index >= 15 is 0 Å². The normalized spacial score (nSPS) is 21.8. The molecule has 1 amide bonds. The van der Waals surface area contributed by atoms with Crippen molar-refractivity contribution in [2.75, 3.05) is 32.7 Å². The van der Waals surface area contributed by atoms with E-state index in [1.54, 1.807) is 12.1 Å². The third kappa shape index (κ3) is 4.71. The van der Waals surface area contributed by atoms with Crippen molar-refractivity contribution in [3.63, 3.8) is 0 Å². The molecule has 2 saturated heterocycles. The highest BCUT2D eigenvalue weighted by Gasteiger charge is 2.30. The highest BCUT2D eigenvalue weighted by atomic mass is 19.1. The van der Waals surface area contributed by atoms with Gasteiger partial charge in [-0.2, -0.15) is 0 Å². The highest BCUT2D eigenvalue weighted by molar-refractivity contribution is 5.95. The summed E-state index contributed by atoms with van der Waals surface area (Å²) in [4.78, 5) is 17.8. The van der Waals surface area contributed by atoms with Gasteiger partial charge in [0.15, 0.2) is 0 Å². The van der Waals surface area contributed by atoms with Crippen LogP contribution in [0.3, 0.4) is 0 Å². The maximum atomic E-state index is 13.2. The second kappa shape index (κ2) is 9.41. The number of halogens is 1. The van der Waals surface area contributed by atoms with Crippen molar-refractivity contribution >= 4 is 12.0 Å². The number of amides is 1. The van der Waals surface area contributed by atoms with Gasteiger partial charge in [0.2, 0.25) is 5.91 Å². The van der Waals surface area contributed by atoms with Crippen molar-refractivity contribution in [1.82, 2.24) is 9.80 Å². The molecule has 0 radical (unpaired) electrons. The first-order chi connectivity index (χ1) is 15.7. The molecule has 5 rings (SSSR count). The molecule has 2 aromatic rings. The lowest BCUT2D eigenvalue weighted by Gasteiger charge is -2.33. The smallest absolute Gasteiger partial charge is 0.250 e. The number of hydrogen-bond donors (Lipinski definition) is 0. The maximum Gasteiger partial charge on any atom is 0.250 e. The van der Waals surface area contributed by atoms with Crippen LogP contribution in [0, 0.1) is 11.7 Å². The van der Waals surface area contributed by atoms with Gasteiger partial charge < -0.3 is 9.80 Å². The van der Waals surface area contributed by atoms with E-state index in [4.69, 9.17) is 0 Å². The number of rotatable bonds is 4. The van der Waals surface area contributed by atoms with Gasteiger partial charge in [0, 0.05) is 31.6 Å². The third-order valence-electron chi connectivity index (χ3n) is 7.30. The van der Waals surface area contributed by atoms with Crippen molar-refractivity contribution in [2.24, 2.45) is 5.92 Å². The zero-order valence-electron chi connectivity index (χ0n) is 18.6. The summed E-state index contributed by atoms with van der Waals surface area (Å²) in [5.74, 6) is 1.12. The molecule has 0 unspecified atom stereocenters. The lowest BCUT2D eigenvalue weighted by molar-refractivity contribution is -0.126. The Hall–Kier alpha value is -2.72. The number of piperidine rings is 1. The molecule has 2 aromatic carbocycles. The molecule has 1 atom stereocenters. The number of nitrogens with zero attached hydrogens (tertiary/aromatic N) is 2. The van der Waals surface area contributed by atoms with Gasteiger partial charge in [0.25, 0.3) is 0 Å². The molecule has 2 aliphatic heterocycles. The number of carbonyl (C=O) groups is 1. The van der Waals surface area contributed by atoms with E-state index in [1.165, 1.54) is 16.7 Å². The summed E-state index contributed by atoms with van der Waals surface area (Å²) in [7, 11) is 0. The van der Waals surface area contributed by atoms with E-state index in [-0.39, 0.29) is 11.7 Å². The summed E-state index contributed by atoms with van der Waals surface area (Å²) in [5.41, 5.74) is 4.58. The van der Waals surface area contributed by atoms with Crippen molar-refractivity contribution in [2.45, 2.75) is 31.6 Å². The molecule has 3 nitrogen and oxygen atoms in total. The molecule has 0 aromatic heterocycles. The fourth-order valence-electron chi connectivity index (χ4n) is 5.45. The van der Waals surface area contributed by atoms with Crippen LogP contribution in [0.2, 0.25) is 0 Å². The second-order valence-corrected chi connectivity index (χ2v) is 9.46. The number of benzene rings is 2. The zero-order valence-corrected chi connectivity index (χ0v) is 18.6. The zero-order chi connectivity index (χ0) is 21.9. The van der Waals surface area contributed by atoms with Gasteiger partial charge in [0.05, 0.1) is 0 Å². The summed E-state index contributed by atoms with van der Waals surface area (Å²) < 4.78 is 13.2. The molecule has 166 valence electrons. The molecule has 3 aliphatic rings. The van der Waals surface area contributed by atoms with E-state index in [2.05, 4.69) is 28.0 Å². The first-order valence-corrected chi connectivity index (χ1v) is 11.9. The van der Waals surface area contributed by atoms with Gasteiger partial charge in [-0.15, -0.1) is 0 Å². The molecule has 1 aliphatic carbocycles. The van der Waals surface area contributed by atoms with Gasteiger partial charge in [-0.25, -0.2) is 4.39 Å². The number of allylic oxidation sites excluding steroid dienone is 2. The molecule has 32 heavy (non-hydrogen) atoms. The summed E-state index contributed by atoms with van der Waals surface area (Å²) >= 11 is 0. The van der Waals surface area contributed by atoms with Crippen molar-refractivity contribution < 1.29 is 9.18 Å². The second-order valence-electron chi connectivity index (χ2n) is 9.46. The lowest BCUT2D eigenvalue weighted by Crippen LogP contribution is -2.38. The average molecular weight is 431 g/mol. The van der Waals surface area contributed by atoms with Crippen LogP contribution in [0.1, 0.15) is 41.9 Å². The first-order valence-electron chi connectivity index (χ1n) is 11.9. The number of hydrogen-bond acceptors (Lipinski definition) is 2. The Labute approximate surface area is 190 Å². The van der Waals surface area contributed by atoms with E-state index < -0.39 is 0 Å². The quantitative estimate of drug-likeness (QED) is 0.678. The lowest BCUT2D eigenvalue weighted by atomic mass is 9.89. The summed E-state index contributed by atoms with van der Waals surface area (Å²) in [5, 5.41) is 0. The predicted molar refractivity (Wildman–Crippen MR) is 127 cm³/mol. The van der Waals surface area contributed by atoms with Gasteiger partial charge in [0.1, 0.15) is 5.82 Å². The van der Waals surface area contributed by atoms with Crippen molar-refractivity contribution in [1.29, 1.82) is 0 Å². The fourth-order valence-corrected chi connectivity index (χ4v) is 5.45. The Kier molecular flexibility index (Phi) is 6.22. The Morgan fingerprint density at radius 2 is 1.75 bits per heavy atom. The largest absolute Gasteiger partial charge is 0.339 e. The summed E-state index contributed by atoms with van der Waals surface area (Å²) in [6.45, 7) is 4.96. The van der Waals surface area contributed by atoms with Crippen LogP contribution in [-0.4, -0.2) is 48.4 Å². The predicted octanol–water partition coefficient (Wildman–Crippen LogP) is 5.05. The standard InChI is InChI=1S/C28H31FN2O/c29-27-10-8-23(9-11-27)24-13-15-30(16-14-24)19-21-12-17-31(20-21)28(32)26-7-3-6-22-4-1-2-5-25(22)18-26/h1-11,21,24H,12-20H2/t21-/m1/s1. The molecule has 0 N–H and O–H groups in total. The number of likely N-dealkylation sites (tertiary alicyclic amines) is 2. The summed E-state index contributed by atoms with van der Waals surface area (Å²) in [6, 6.07) is 15.3. The van der Waals surface area contributed by atoms with Crippen LogP contribution < -0.4 is 0 Å². The van der Waals surface area contributed by atoms with Gasteiger partial charge in [-0.1, -0.05) is 54.6 Å². The third-order valence-corrected chi connectivity index (χ3v) is 7.30. The van der Waals surface area contributed by atoms with Crippen molar-refractivity contribution in [3.05, 3.63) is 88.8 Å². The van der Waals surface area contributed by atoms with Crippen LogP contribution in [0.5, 0.6) is 0 Å². The van der Waals surface area contributed by atoms with Crippen LogP contribution in [0.15, 0.2) is 66.3 Å². The minimum Gasteiger partial charge on any atom is -0.339 e. The minimum atomic E-state index is -0.161. The molecule has 0 bridgehead atoms. The van der Waals surface area contributed by atoms with Gasteiger partial charge in [-0.3, -0.25) is 4.79 Å². The molecular formula is C28H31FN2O. The van der Waals surface area contributed by atoms with Gasteiger partial charge in [-0.05, 0) is 73.0 Å². The molecule has 0 spiro atoms. The molecule has 2 heterocycles. The SMILES string of the molecule is O=C(C1=CC=Cc2ccccc2C1)N1CC[C@H](CN2CCC(c3ccc(F)cc3)CC2)C1. The van der Waals surface area contributed by atoms with Crippen LogP contribution in [-0.2, 0) is 11.2 Å². The maximum absolute atomic E-state index is 13.2. The molecular weight excluding hydrogens is 399 g/mol. The number of fused-ring (bicyclic) bond motifs is 1. The fraction of sp³-hybridized carbons (Fsp3) is 0.393. The Morgan fingerprint density at radius 3 is 2.56 bits per heavy atom. The van der Waals surface area contributed by atoms with E-state index in [9.17, 15) is 9.18 Å².